The molecule has 90 valence electrons. The fraction of sp³-hybridized carbons (Fsp3) is 0.143. The third-order valence-electron chi connectivity index (χ3n) is 3.03. The first kappa shape index (κ1) is 11.2. The zero-order valence-electron chi connectivity index (χ0n) is 9.96. The SMILES string of the molecule is Cc1cccnc1Cn1ccc2sccc2c1=O. The predicted octanol–water partition coefficient (Wildman–Crippen LogP) is 2.81. The van der Waals surface area contributed by atoms with Gasteiger partial charge in [0, 0.05) is 17.1 Å². The minimum atomic E-state index is 0.0544. The number of nitrogens with zero attached hydrogens (tertiary/aromatic N) is 2. The summed E-state index contributed by atoms with van der Waals surface area (Å²) in [6.45, 7) is 2.54. The molecule has 0 amide bonds. The van der Waals surface area contributed by atoms with E-state index in [9.17, 15) is 4.79 Å². The second-order valence-corrected chi connectivity index (χ2v) is 5.16. The highest BCUT2D eigenvalue weighted by Crippen LogP contribution is 2.16. The molecule has 0 atom stereocenters. The van der Waals surface area contributed by atoms with Gasteiger partial charge in [0.05, 0.1) is 17.6 Å². The lowest BCUT2D eigenvalue weighted by Crippen LogP contribution is -2.20. The molecule has 3 aromatic rings. The van der Waals surface area contributed by atoms with Gasteiger partial charge in [-0.15, -0.1) is 11.3 Å². The second kappa shape index (κ2) is 4.38. The van der Waals surface area contributed by atoms with Crippen LogP contribution in [0, 0.1) is 6.92 Å². The van der Waals surface area contributed by atoms with Crippen LogP contribution in [0.25, 0.3) is 10.1 Å². The Hall–Kier alpha value is -1.94. The first-order valence-corrected chi connectivity index (χ1v) is 6.61. The van der Waals surface area contributed by atoms with Gasteiger partial charge in [0.1, 0.15) is 0 Å². The lowest BCUT2D eigenvalue weighted by atomic mass is 10.2. The highest BCUT2D eigenvalue weighted by Gasteiger charge is 2.06. The Labute approximate surface area is 108 Å². The zero-order chi connectivity index (χ0) is 12.5. The third kappa shape index (κ3) is 1.84. The number of pyridine rings is 2. The van der Waals surface area contributed by atoms with Gasteiger partial charge in [-0.1, -0.05) is 6.07 Å². The molecule has 0 aliphatic heterocycles. The maximum atomic E-state index is 12.2. The molecule has 0 radical (unpaired) electrons. The molecule has 3 nitrogen and oxygen atoms in total. The van der Waals surface area contributed by atoms with Crippen LogP contribution in [0.15, 0.2) is 46.8 Å². The molecule has 0 saturated carbocycles. The van der Waals surface area contributed by atoms with Crippen LogP contribution >= 0.6 is 11.3 Å². The van der Waals surface area contributed by atoms with Gasteiger partial charge >= 0.3 is 0 Å². The molecule has 0 aliphatic rings. The summed E-state index contributed by atoms with van der Waals surface area (Å²) in [5, 5.41) is 2.73. The Morgan fingerprint density at radius 3 is 3.06 bits per heavy atom. The number of thiophene rings is 1. The molecule has 0 spiro atoms. The summed E-state index contributed by atoms with van der Waals surface area (Å²) in [6, 6.07) is 7.78. The zero-order valence-corrected chi connectivity index (χ0v) is 10.8. The Morgan fingerprint density at radius 1 is 1.33 bits per heavy atom. The Bertz CT molecular complexity index is 758. The van der Waals surface area contributed by atoms with Crippen molar-refractivity contribution in [2.45, 2.75) is 13.5 Å². The summed E-state index contributed by atoms with van der Waals surface area (Å²) in [7, 11) is 0. The van der Waals surface area contributed by atoms with E-state index in [1.165, 1.54) is 0 Å². The van der Waals surface area contributed by atoms with E-state index in [1.807, 2.05) is 42.8 Å². The summed E-state index contributed by atoms with van der Waals surface area (Å²) >= 11 is 1.59. The first-order valence-electron chi connectivity index (χ1n) is 5.73. The van der Waals surface area contributed by atoms with Crippen LogP contribution in [0.4, 0.5) is 0 Å². The van der Waals surface area contributed by atoms with Crippen LogP contribution in [-0.2, 0) is 6.54 Å². The van der Waals surface area contributed by atoms with Crippen molar-refractivity contribution in [3.05, 3.63) is 63.7 Å². The van der Waals surface area contributed by atoms with Crippen molar-refractivity contribution in [3.63, 3.8) is 0 Å². The van der Waals surface area contributed by atoms with Crippen molar-refractivity contribution in [1.29, 1.82) is 0 Å². The Morgan fingerprint density at radius 2 is 2.22 bits per heavy atom. The minimum absolute atomic E-state index is 0.0544. The van der Waals surface area contributed by atoms with Crippen LogP contribution in [-0.4, -0.2) is 9.55 Å². The van der Waals surface area contributed by atoms with Gasteiger partial charge in [-0.25, -0.2) is 0 Å². The van der Waals surface area contributed by atoms with Gasteiger partial charge in [0.2, 0.25) is 0 Å². The van der Waals surface area contributed by atoms with Gasteiger partial charge in [-0.2, -0.15) is 0 Å². The molecule has 0 N–H and O–H groups in total. The molecule has 4 heteroatoms. The number of aromatic nitrogens is 2. The molecule has 3 rings (SSSR count). The van der Waals surface area contributed by atoms with E-state index in [-0.39, 0.29) is 5.56 Å². The smallest absolute Gasteiger partial charge is 0.259 e. The first-order chi connectivity index (χ1) is 8.75. The van der Waals surface area contributed by atoms with E-state index < -0.39 is 0 Å². The number of rotatable bonds is 2. The molecule has 0 unspecified atom stereocenters. The Kier molecular flexibility index (Phi) is 2.72. The fourth-order valence-corrected chi connectivity index (χ4v) is 2.75. The summed E-state index contributed by atoms with van der Waals surface area (Å²) in [5.74, 6) is 0. The van der Waals surface area contributed by atoms with E-state index in [1.54, 1.807) is 22.1 Å². The average molecular weight is 256 g/mol. The molecule has 0 aromatic carbocycles. The van der Waals surface area contributed by atoms with Crippen molar-refractivity contribution in [1.82, 2.24) is 9.55 Å². The monoisotopic (exact) mass is 256 g/mol. The van der Waals surface area contributed by atoms with Crippen molar-refractivity contribution < 1.29 is 0 Å². The maximum Gasteiger partial charge on any atom is 0.259 e. The van der Waals surface area contributed by atoms with Crippen LogP contribution in [0.3, 0.4) is 0 Å². The second-order valence-electron chi connectivity index (χ2n) is 4.21. The normalized spacial score (nSPS) is 10.9. The number of hydrogen-bond acceptors (Lipinski definition) is 3. The van der Waals surface area contributed by atoms with Gasteiger partial charge in [-0.05, 0) is 36.1 Å². The van der Waals surface area contributed by atoms with E-state index in [0.717, 1.165) is 21.3 Å². The Balaban J connectivity index is 2.08. The molecular formula is C14H12N2OS. The lowest BCUT2D eigenvalue weighted by Gasteiger charge is -2.07. The van der Waals surface area contributed by atoms with Gasteiger partial charge in [-0.3, -0.25) is 9.78 Å². The minimum Gasteiger partial charge on any atom is -0.309 e. The van der Waals surface area contributed by atoms with Gasteiger partial charge < -0.3 is 4.57 Å². The third-order valence-corrected chi connectivity index (χ3v) is 3.91. The maximum absolute atomic E-state index is 12.2. The van der Waals surface area contributed by atoms with Crippen molar-refractivity contribution >= 4 is 21.4 Å². The molecule has 0 bridgehead atoms. The summed E-state index contributed by atoms with van der Waals surface area (Å²) in [4.78, 5) is 16.6. The van der Waals surface area contributed by atoms with E-state index in [4.69, 9.17) is 0 Å². The highest BCUT2D eigenvalue weighted by molar-refractivity contribution is 7.17. The quantitative estimate of drug-likeness (QED) is 0.706. The van der Waals surface area contributed by atoms with E-state index in [0.29, 0.717) is 6.54 Å². The summed E-state index contributed by atoms with van der Waals surface area (Å²) in [6.07, 6.45) is 3.60. The number of hydrogen-bond donors (Lipinski definition) is 0. The standard InChI is InChI=1S/C14H12N2OS/c1-10-3-2-6-15-12(10)9-16-7-4-13-11(14(16)17)5-8-18-13/h2-8H,9H2,1H3. The molecule has 3 aromatic heterocycles. The average Bonchev–Trinajstić information content (AvgIpc) is 2.84. The van der Waals surface area contributed by atoms with E-state index >= 15 is 0 Å². The number of fused-ring (bicyclic) bond motifs is 1. The van der Waals surface area contributed by atoms with Crippen LogP contribution in [0.1, 0.15) is 11.3 Å². The fourth-order valence-electron chi connectivity index (χ4n) is 1.98. The molecule has 18 heavy (non-hydrogen) atoms. The van der Waals surface area contributed by atoms with Crippen molar-refractivity contribution in [2.75, 3.05) is 0 Å². The topological polar surface area (TPSA) is 34.9 Å². The molecule has 3 heterocycles. The molecule has 0 fully saturated rings. The molecular weight excluding hydrogens is 244 g/mol. The lowest BCUT2D eigenvalue weighted by molar-refractivity contribution is 0.742. The predicted molar refractivity (Wildman–Crippen MR) is 74.2 cm³/mol. The highest BCUT2D eigenvalue weighted by atomic mass is 32.1. The van der Waals surface area contributed by atoms with Crippen LogP contribution < -0.4 is 5.56 Å². The summed E-state index contributed by atoms with van der Waals surface area (Å²) < 4.78 is 2.75. The number of aryl methyl sites for hydroxylation is 1. The summed E-state index contributed by atoms with van der Waals surface area (Å²) in [5.41, 5.74) is 2.10. The van der Waals surface area contributed by atoms with E-state index in [2.05, 4.69) is 4.98 Å². The van der Waals surface area contributed by atoms with Gasteiger partial charge in [0.25, 0.3) is 5.56 Å². The van der Waals surface area contributed by atoms with Crippen molar-refractivity contribution in [2.24, 2.45) is 0 Å². The largest absolute Gasteiger partial charge is 0.309 e. The molecule has 0 aliphatic carbocycles. The van der Waals surface area contributed by atoms with Crippen molar-refractivity contribution in [3.8, 4) is 0 Å². The van der Waals surface area contributed by atoms with Gasteiger partial charge in [0.15, 0.2) is 0 Å². The van der Waals surface area contributed by atoms with Crippen LogP contribution in [0.2, 0.25) is 0 Å². The molecule has 0 saturated heterocycles. The van der Waals surface area contributed by atoms with Crippen LogP contribution in [0.5, 0.6) is 0 Å².